The van der Waals surface area contributed by atoms with Crippen molar-refractivity contribution in [2.45, 2.75) is 38.0 Å². The Bertz CT molecular complexity index is 417. The summed E-state index contributed by atoms with van der Waals surface area (Å²) in [6, 6.07) is 0. The number of nitrogen functional groups attached to an aromatic ring is 1. The van der Waals surface area contributed by atoms with Gasteiger partial charge in [-0.3, -0.25) is 0 Å². The van der Waals surface area contributed by atoms with Crippen molar-refractivity contribution >= 4 is 5.95 Å². The molecule has 0 saturated carbocycles. The van der Waals surface area contributed by atoms with Crippen LogP contribution in [0.4, 0.5) is 32.3 Å². The summed E-state index contributed by atoms with van der Waals surface area (Å²) in [5.74, 6) is -6.58. The largest absolute Gasteiger partial charge is 0.398 e. The average Bonchev–Trinajstić information content (AvgIpc) is 2.23. The maximum Gasteiger partial charge on any atom is 0.398 e. The molecule has 0 aliphatic carbocycles. The van der Waals surface area contributed by atoms with Crippen LogP contribution in [0.15, 0.2) is 0 Å². The third-order valence-electron chi connectivity index (χ3n) is 2.44. The van der Waals surface area contributed by atoms with Crippen molar-refractivity contribution in [3.05, 3.63) is 11.6 Å². The summed E-state index contributed by atoms with van der Waals surface area (Å²) >= 11 is 0. The fourth-order valence-electron chi connectivity index (χ4n) is 1.11. The minimum Gasteiger partial charge on any atom is -0.368 e. The molecule has 0 bridgehead atoms. The first-order chi connectivity index (χ1) is 8.43. The molecule has 0 aromatic carbocycles. The van der Waals surface area contributed by atoms with Crippen molar-refractivity contribution in [3.63, 3.8) is 0 Å². The van der Waals surface area contributed by atoms with Crippen molar-refractivity contribution in [1.82, 2.24) is 15.0 Å². The van der Waals surface area contributed by atoms with Crippen LogP contribution in [-0.4, -0.2) is 27.3 Å². The smallest absolute Gasteiger partial charge is 0.368 e. The van der Waals surface area contributed by atoms with Gasteiger partial charge in [-0.15, -0.1) is 0 Å². The Kier molecular flexibility index (Phi) is 3.92. The van der Waals surface area contributed by atoms with Gasteiger partial charge in [-0.2, -0.15) is 36.3 Å². The number of nitrogens with two attached hydrogens (primary N) is 1. The normalized spacial score (nSPS) is 16.2. The average molecular weight is 288 g/mol. The first-order valence-corrected chi connectivity index (χ1v) is 5.07. The van der Waals surface area contributed by atoms with E-state index in [1.54, 1.807) is 0 Å². The number of anilines is 1. The molecule has 2 N–H and O–H groups in total. The van der Waals surface area contributed by atoms with Crippen LogP contribution in [0, 0.1) is 0 Å². The number of hydrogen-bond donors (Lipinski definition) is 1. The highest BCUT2D eigenvalue weighted by atomic mass is 19.4. The van der Waals surface area contributed by atoms with E-state index in [9.17, 15) is 26.3 Å². The minimum absolute atomic E-state index is 0.674. The number of nitrogens with zero attached hydrogens (tertiary/aromatic N) is 3. The SMILES string of the molecule is C[C@H](c1nc(N)nc([C@@H](C)C(F)(F)F)n1)C(F)(F)F. The summed E-state index contributed by atoms with van der Waals surface area (Å²) < 4.78 is 74.8. The van der Waals surface area contributed by atoms with Gasteiger partial charge >= 0.3 is 12.4 Å². The molecule has 1 rings (SSSR count). The number of aromatic nitrogens is 3. The van der Waals surface area contributed by atoms with Crippen molar-refractivity contribution in [2.75, 3.05) is 5.73 Å². The lowest BCUT2D eigenvalue weighted by atomic mass is 10.1. The molecule has 0 saturated heterocycles. The van der Waals surface area contributed by atoms with Gasteiger partial charge in [0.1, 0.15) is 23.5 Å². The molecule has 10 heteroatoms. The monoisotopic (exact) mass is 288 g/mol. The molecular formula is C9H10F6N4. The Morgan fingerprint density at radius 1 is 0.789 bits per heavy atom. The predicted octanol–water partition coefficient (Wildman–Crippen LogP) is 2.79. The van der Waals surface area contributed by atoms with E-state index in [0.29, 0.717) is 0 Å². The van der Waals surface area contributed by atoms with Crippen molar-refractivity contribution in [2.24, 2.45) is 0 Å². The molecular weight excluding hydrogens is 278 g/mol. The van der Waals surface area contributed by atoms with Gasteiger partial charge in [0.2, 0.25) is 5.95 Å². The van der Waals surface area contributed by atoms with Crippen molar-refractivity contribution in [1.29, 1.82) is 0 Å². The van der Waals surface area contributed by atoms with Crippen molar-refractivity contribution in [3.8, 4) is 0 Å². The highest BCUT2D eigenvalue weighted by Crippen LogP contribution is 2.35. The maximum atomic E-state index is 12.5. The zero-order valence-corrected chi connectivity index (χ0v) is 9.84. The van der Waals surface area contributed by atoms with E-state index in [-0.39, 0.29) is 0 Å². The molecule has 2 atom stereocenters. The van der Waals surface area contributed by atoms with Gasteiger partial charge < -0.3 is 5.73 Å². The van der Waals surface area contributed by atoms with E-state index in [1.165, 1.54) is 0 Å². The van der Waals surface area contributed by atoms with Crippen LogP contribution in [-0.2, 0) is 0 Å². The number of hydrogen-bond acceptors (Lipinski definition) is 4. The molecule has 0 aliphatic rings. The molecule has 1 aromatic heterocycles. The second kappa shape index (κ2) is 4.82. The van der Waals surface area contributed by atoms with Gasteiger partial charge in [-0.1, -0.05) is 0 Å². The van der Waals surface area contributed by atoms with E-state index in [1.807, 2.05) is 0 Å². The molecule has 0 spiro atoms. The van der Waals surface area contributed by atoms with Gasteiger partial charge in [0.25, 0.3) is 0 Å². The summed E-state index contributed by atoms with van der Waals surface area (Å²) in [5, 5.41) is 0. The van der Waals surface area contributed by atoms with E-state index in [2.05, 4.69) is 15.0 Å². The van der Waals surface area contributed by atoms with Gasteiger partial charge in [0.05, 0.1) is 0 Å². The topological polar surface area (TPSA) is 64.7 Å². The third kappa shape index (κ3) is 3.67. The molecule has 19 heavy (non-hydrogen) atoms. The van der Waals surface area contributed by atoms with Crippen LogP contribution in [0.5, 0.6) is 0 Å². The summed E-state index contributed by atoms with van der Waals surface area (Å²) in [6.45, 7) is 1.47. The Morgan fingerprint density at radius 2 is 1.11 bits per heavy atom. The first-order valence-electron chi connectivity index (χ1n) is 5.07. The Hall–Kier alpha value is -1.61. The molecule has 0 amide bonds. The van der Waals surface area contributed by atoms with Crippen LogP contribution in [0.2, 0.25) is 0 Å². The van der Waals surface area contributed by atoms with Gasteiger partial charge in [-0.25, -0.2) is 4.98 Å². The van der Waals surface area contributed by atoms with Gasteiger partial charge in [0.15, 0.2) is 0 Å². The summed E-state index contributed by atoms with van der Waals surface area (Å²) in [7, 11) is 0. The van der Waals surface area contributed by atoms with E-state index >= 15 is 0 Å². The second-order valence-corrected chi connectivity index (χ2v) is 3.94. The molecule has 0 aliphatic heterocycles. The van der Waals surface area contributed by atoms with Crippen LogP contribution in [0.1, 0.15) is 37.3 Å². The molecule has 0 unspecified atom stereocenters. The second-order valence-electron chi connectivity index (χ2n) is 3.94. The van der Waals surface area contributed by atoms with E-state index in [4.69, 9.17) is 5.73 Å². The highest BCUT2D eigenvalue weighted by Gasteiger charge is 2.42. The quantitative estimate of drug-likeness (QED) is 0.850. The van der Waals surface area contributed by atoms with Crippen LogP contribution in [0.25, 0.3) is 0 Å². The maximum absolute atomic E-state index is 12.5. The van der Waals surface area contributed by atoms with Crippen LogP contribution >= 0.6 is 0 Å². The molecule has 108 valence electrons. The molecule has 1 aromatic rings. The summed E-state index contributed by atoms with van der Waals surface area (Å²) in [6.07, 6.45) is -9.35. The molecule has 0 radical (unpaired) electrons. The number of rotatable bonds is 2. The van der Waals surface area contributed by atoms with Crippen LogP contribution < -0.4 is 5.73 Å². The molecule has 0 fully saturated rings. The number of halogens is 6. The fraction of sp³-hybridized carbons (Fsp3) is 0.667. The Balaban J connectivity index is 3.22. The fourth-order valence-corrected chi connectivity index (χ4v) is 1.11. The minimum atomic E-state index is -4.67. The molecule has 1 heterocycles. The summed E-state index contributed by atoms with van der Waals surface area (Å²) in [4.78, 5) is 9.69. The predicted molar refractivity (Wildman–Crippen MR) is 53.2 cm³/mol. The van der Waals surface area contributed by atoms with Gasteiger partial charge in [0, 0.05) is 0 Å². The van der Waals surface area contributed by atoms with Crippen molar-refractivity contribution < 1.29 is 26.3 Å². The zero-order chi connectivity index (χ0) is 15.0. The van der Waals surface area contributed by atoms with Gasteiger partial charge in [-0.05, 0) is 13.8 Å². The number of alkyl halides is 6. The highest BCUT2D eigenvalue weighted by molar-refractivity contribution is 5.19. The lowest BCUT2D eigenvalue weighted by molar-refractivity contribution is -0.149. The standard InChI is InChI=1S/C9H10F6N4/c1-3(8(10,11)12)5-17-6(19-7(16)18-5)4(2)9(13,14)15/h3-4H,1-2H3,(H2,16,17,18,19)/t3-,4-/m1/s1. The third-order valence-corrected chi connectivity index (χ3v) is 2.44. The lowest BCUT2D eigenvalue weighted by Crippen LogP contribution is -2.25. The van der Waals surface area contributed by atoms with Crippen LogP contribution in [0.3, 0.4) is 0 Å². The Labute approximate surface area is 104 Å². The van der Waals surface area contributed by atoms with E-state index < -0.39 is 41.8 Å². The summed E-state index contributed by atoms with van der Waals surface area (Å²) in [5.41, 5.74) is 5.12. The Morgan fingerprint density at radius 3 is 1.37 bits per heavy atom. The first kappa shape index (κ1) is 15.4. The lowest BCUT2D eigenvalue weighted by Gasteiger charge is -2.18. The zero-order valence-electron chi connectivity index (χ0n) is 9.84. The van der Waals surface area contributed by atoms with E-state index in [0.717, 1.165) is 13.8 Å². The molecule has 4 nitrogen and oxygen atoms in total.